The Morgan fingerprint density at radius 2 is 2.18 bits per heavy atom. The molecule has 0 aromatic heterocycles. The lowest BCUT2D eigenvalue weighted by Gasteiger charge is -2.17. The zero-order valence-corrected chi connectivity index (χ0v) is 11.8. The number of hydrogen-bond donors (Lipinski definition) is 0. The fourth-order valence-corrected chi connectivity index (χ4v) is 4.52. The summed E-state index contributed by atoms with van der Waals surface area (Å²) < 4.78 is 39.2. The van der Waals surface area contributed by atoms with Crippen LogP contribution in [0.3, 0.4) is 0 Å². The van der Waals surface area contributed by atoms with Crippen LogP contribution in [0.25, 0.3) is 0 Å². The average molecular weight is 322 g/mol. The van der Waals surface area contributed by atoms with Crippen LogP contribution >= 0.6 is 15.9 Å². The molecule has 1 unspecified atom stereocenters. The molecule has 0 radical (unpaired) electrons. The predicted molar refractivity (Wildman–Crippen MR) is 66.6 cm³/mol. The van der Waals surface area contributed by atoms with E-state index in [0.29, 0.717) is 19.0 Å². The topological polar surface area (TPSA) is 37.4 Å². The third-order valence-electron chi connectivity index (χ3n) is 2.90. The molecule has 1 fully saturated rings. The van der Waals surface area contributed by atoms with Crippen molar-refractivity contribution in [1.29, 1.82) is 0 Å². The molecule has 0 spiro atoms. The van der Waals surface area contributed by atoms with Gasteiger partial charge in [0.05, 0.1) is 4.90 Å². The molecule has 0 bridgehead atoms. The number of rotatable bonds is 2. The van der Waals surface area contributed by atoms with Crippen LogP contribution in [0.5, 0.6) is 0 Å². The molecule has 3 nitrogen and oxygen atoms in total. The Bertz CT molecular complexity index is 532. The van der Waals surface area contributed by atoms with E-state index in [2.05, 4.69) is 15.9 Å². The van der Waals surface area contributed by atoms with Gasteiger partial charge in [0.2, 0.25) is 10.0 Å². The van der Waals surface area contributed by atoms with Gasteiger partial charge in [-0.2, -0.15) is 4.31 Å². The van der Waals surface area contributed by atoms with Crippen LogP contribution in [-0.2, 0) is 10.0 Å². The summed E-state index contributed by atoms with van der Waals surface area (Å²) in [5, 5.41) is 0. The predicted octanol–water partition coefficient (Wildman–Crippen LogP) is 2.62. The van der Waals surface area contributed by atoms with Crippen molar-refractivity contribution < 1.29 is 12.8 Å². The van der Waals surface area contributed by atoms with Crippen LogP contribution in [-0.4, -0.2) is 25.8 Å². The van der Waals surface area contributed by atoms with Crippen LogP contribution in [0.15, 0.2) is 27.6 Å². The molecular formula is C11H13BrFNO2S. The van der Waals surface area contributed by atoms with E-state index < -0.39 is 15.8 Å². The number of hydrogen-bond acceptors (Lipinski definition) is 2. The van der Waals surface area contributed by atoms with Gasteiger partial charge in [0.15, 0.2) is 0 Å². The molecule has 0 N–H and O–H groups in total. The average Bonchev–Trinajstić information content (AvgIpc) is 2.64. The maximum Gasteiger partial charge on any atom is 0.244 e. The number of halogens is 2. The lowest BCUT2D eigenvalue weighted by Crippen LogP contribution is -2.28. The Morgan fingerprint density at radius 3 is 2.71 bits per heavy atom. The summed E-state index contributed by atoms with van der Waals surface area (Å²) in [6.45, 7) is 3.09. The van der Waals surface area contributed by atoms with Gasteiger partial charge < -0.3 is 0 Å². The van der Waals surface area contributed by atoms with Crippen molar-refractivity contribution >= 4 is 26.0 Å². The third-order valence-corrected chi connectivity index (χ3v) is 5.74. The van der Waals surface area contributed by atoms with Crippen LogP contribution < -0.4 is 0 Å². The molecule has 1 aliphatic rings. The Morgan fingerprint density at radius 1 is 1.47 bits per heavy atom. The molecule has 1 aromatic carbocycles. The molecule has 1 aromatic rings. The molecule has 1 aliphatic heterocycles. The molecule has 0 saturated carbocycles. The number of benzene rings is 1. The van der Waals surface area contributed by atoms with Crippen LogP contribution in [0, 0.1) is 11.7 Å². The molecular weight excluding hydrogens is 309 g/mol. The quantitative estimate of drug-likeness (QED) is 0.839. The first-order chi connectivity index (χ1) is 7.91. The first-order valence-electron chi connectivity index (χ1n) is 5.36. The van der Waals surface area contributed by atoms with Crippen LogP contribution in [0.2, 0.25) is 0 Å². The highest BCUT2D eigenvalue weighted by molar-refractivity contribution is 9.10. The van der Waals surface area contributed by atoms with Crippen molar-refractivity contribution in [3.8, 4) is 0 Å². The van der Waals surface area contributed by atoms with Crippen molar-refractivity contribution in [2.45, 2.75) is 18.2 Å². The smallest absolute Gasteiger partial charge is 0.207 e. The van der Waals surface area contributed by atoms with E-state index in [1.54, 1.807) is 0 Å². The molecule has 0 aliphatic carbocycles. The normalized spacial score (nSPS) is 21.9. The summed E-state index contributed by atoms with van der Waals surface area (Å²) in [7, 11) is -3.50. The minimum absolute atomic E-state index is 0.132. The van der Waals surface area contributed by atoms with Crippen molar-refractivity contribution in [2.75, 3.05) is 13.1 Å². The van der Waals surface area contributed by atoms with Gasteiger partial charge in [-0.05, 0) is 46.5 Å². The van der Waals surface area contributed by atoms with Crippen molar-refractivity contribution in [3.05, 3.63) is 28.5 Å². The second kappa shape index (κ2) is 4.66. The Kier molecular flexibility index (Phi) is 3.56. The summed E-state index contributed by atoms with van der Waals surface area (Å²) in [5.41, 5.74) is 0. The first-order valence-corrected chi connectivity index (χ1v) is 7.60. The van der Waals surface area contributed by atoms with Gasteiger partial charge >= 0.3 is 0 Å². The van der Waals surface area contributed by atoms with Crippen LogP contribution in [0.1, 0.15) is 13.3 Å². The van der Waals surface area contributed by atoms with E-state index in [1.807, 2.05) is 6.92 Å². The highest BCUT2D eigenvalue weighted by Crippen LogP contribution is 2.29. The molecule has 2 rings (SSSR count). The minimum atomic E-state index is -3.50. The molecule has 94 valence electrons. The third kappa shape index (κ3) is 2.53. The zero-order valence-electron chi connectivity index (χ0n) is 9.36. The molecule has 1 atom stereocenters. The molecule has 0 amide bonds. The van der Waals surface area contributed by atoms with Gasteiger partial charge in [-0.1, -0.05) is 6.92 Å². The van der Waals surface area contributed by atoms with Gasteiger partial charge in [-0.15, -0.1) is 0 Å². The number of nitrogens with zero attached hydrogens (tertiary/aromatic N) is 1. The van der Waals surface area contributed by atoms with Gasteiger partial charge in [0, 0.05) is 17.6 Å². The molecule has 6 heteroatoms. The summed E-state index contributed by atoms with van der Waals surface area (Å²) in [6.07, 6.45) is 0.873. The number of sulfonamides is 1. The summed E-state index contributed by atoms with van der Waals surface area (Å²) in [4.78, 5) is 0.132. The van der Waals surface area contributed by atoms with Gasteiger partial charge in [-0.3, -0.25) is 0 Å². The van der Waals surface area contributed by atoms with Gasteiger partial charge in [0.1, 0.15) is 5.82 Å². The Hall–Kier alpha value is -0.460. The van der Waals surface area contributed by atoms with Crippen LogP contribution in [0.4, 0.5) is 4.39 Å². The highest BCUT2D eigenvalue weighted by Gasteiger charge is 2.31. The van der Waals surface area contributed by atoms with Crippen molar-refractivity contribution in [2.24, 2.45) is 5.92 Å². The summed E-state index contributed by atoms with van der Waals surface area (Å²) in [5.74, 6) is -0.0744. The SMILES string of the molecule is CC1CCN(S(=O)(=O)c2ccc(F)cc2Br)C1. The standard InChI is InChI=1S/C11H13BrFNO2S/c1-8-4-5-14(7-8)17(15,16)11-3-2-9(13)6-10(11)12/h2-3,6,8H,4-5,7H2,1H3. The first kappa shape index (κ1) is 13.0. The Labute approximate surface area is 109 Å². The highest BCUT2D eigenvalue weighted by atomic mass is 79.9. The van der Waals surface area contributed by atoms with E-state index in [-0.39, 0.29) is 9.37 Å². The molecule has 17 heavy (non-hydrogen) atoms. The maximum atomic E-state index is 12.9. The van der Waals surface area contributed by atoms with Crippen molar-refractivity contribution in [3.63, 3.8) is 0 Å². The summed E-state index contributed by atoms with van der Waals surface area (Å²) in [6, 6.07) is 3.64. The van der Waals surface area contributed by atoms with E-state index in [4.69, 9.17) is 0 Å². The van der Waals surface area contributed by atoms with Gasteiger partial charge in [0.25, 0.3) is 0 Å². The second-order valence-electron chi connectivity index (χ2n) is 4.33. The van der Waals surface area contributed by atoms with E-state index in [0.717, 1.165) is 12.5 Å². The maximum absolute atomic E-state index is 12.9. The largest absolute Gasteiger partial charge is 0.244 e. The zero-order chi connectivity index (χ0) is 12.6. The lowest BCUT2D eigenvalue weighted by atomic mass is 10.2. The summed E-state index contributed by atoms with van der Waals surface area (Å²) >= 11 is 3.10. The second-order valence-corrected chi connectivity index (χ2v) is 7.09. The fraction of sp³-hybridized carbons (Fsp3) is 0.455. The monoisotopic (exact) mass is 321 g/mol. The molecule has 1 heterocycles. The lowest BCUT2D eigenvalue weighted by molar-refractivity contribution is 0.464. The van der Waals surface area contributed by atoms with E-state index in [1.165, 1.54) is 16.4 Å². The molecule has 1 saturated heterocycles. The van der Waals surface area contributed by atoms with Gasteiger partial charge in [-0.25, -0.2) is 12.8 Å². The van der Waals surface area contributed by atoms with E-state index >= 15 is 0 Å². The minimum Gasteiger partial charge on any atom is -0.207 e. The fourth-order valence-electron chi connectivity index (χ4n) is 1.94. The van der Waals surface area contributed by atoms with Crippen molar-refractivity contribution in [1.82, 2.24) is 4.31 Å². The van der Waals surface area contributed by atoms with E-state index in [9.17, 15) is 12.8 Å². The Balaban J connectivity index is 2.38.